The van der Waals surface area contributed by atoms with Gasteiger partial charge in [-0.05, 0) is 49.1 Å². The van der Waals surface area contributed by atoms with Crippen LogP contribution in [0.1, 0.15) is 24.8 Å². The third-order valence-corrected chi connectivity index (χ3v) is 4.99. The minimum absolute atomic E-state index is 0.281. The topological polar surface area (TPSA) is 23.6 Å². The van der Waals surface area contributed by atoms with Gasteiger partial charge in [-0.25, -0.2) is 0 Å². The number of benzene rings is 2. The van der Waals surface area contributed by atoms with Gasteiger partial charge in [0.15, 0.2) is 0 Å². The van der Waals surface area contributed by atoms with Crippen LogP contribution in [0.5, 0.6) is 0 Å². The first-order valence-electron chi connectivity index (χ1n) is 9.04. The first kappa shape index (κ1) is 17.8. The number of halogens is 1. The molecule has 1 fully saturated rings. The minimum Gasteiger partial charge on any atom is -0.370 e. The van der Waals surface area contributed by atoms with E-state index >= 15 is 0 Å². The summed E-state index contributed by atoms with van der Waals surface area (Å²) in [5.41, 5.74) is 2.49. The molecule has 0 atom stereocenters. The first-order valence-corrected chi connectivity index (χ1v) is 9.42. The second-order valence-corrected chi connectivity index (χ2v) is 6.97. The average Bonchev–Trinajstić information content (AvgIpc) is 2.90. The Kier molecular flexibility index (Phi) is 6.35. The molecule has 1 aliphatic rings. The van der Waals surface area contributed by atoms with Gasteiger partial charge in [-0.2, -0.15) is 0 Å². The highest BCUT2D eigenvalue weighted by molar-refractivity contribution is 6.30. The van der Waals surface area contributed by atoms with Crippen LogP contribution in [0.3, 0.4) is 0 Å². The van der Waals surface area contributed by atoms with Crippen molar-refractivity contribution < 1.29 is 4.79 Å². The number of aryl methyl sites for hydroxylation is 1. The van der Waals surface area contributed by atoms with Crippen molar-refractivity contribution in [2.45, 2.75) is 25.7 Å². The summed E-state index contributed by atoms with van der Waals surface area (Å²) in [5, 5.41) is 0.757. The largest absolute Gasteiger partial charge is 0.370 e. The summed E-state index contributed by atoms with van der Waals surface area (Å²) >= 11 is 5.90. The molecule has 1 heterocycles. The highest BCUT2D eigenvalue weighted by Gasteiger charge is 2.18. The zero-order valence-corrected chi connectivity index (χ0v) is 15.3. The van der Waals surface area contributed by atoms with Crippen molar-refractivity contribution in [1.82, 2.24) is 4.90 Å². The van der Waals surface area contributed by atoms with Crippen molar-refractivity contribution in [1.29, 1.82) is 0 Å². The fraction of sp³-hybridized carbons (Fsp3) is 0.381. The number of anilines is 1. The van der Waals surface area contributed by atoms with Crippen LogP contribution in [0.25, 0.3) is 0 Å². The molecule has 0 aliphatic carbocycles. The van der Waals surface area contributed by atoms with Gasteiger partial charge in [0, 0.05) is 43.3 Å². The van der Waals surface area contributed by atoms with E-state index in [9.17, 15) is 4.79 Å². The maximum absolute atomic E-state index is 12.5. The molecular weight excluding hydrogens is 332 g/mol. The number of carbonyl (C=O) groups excluding carboxylic acids is 1. The van der Waals surface area contributed by atoms with E-state index in [-0.39, 0.29) is 5.91 Å². The third-order valence-electron chi connectivity index (χ3n) is 4.74. The molecule has 0 unspecified atom stereocenters. The Balaban J connectivity index is 1.45. The maximum atomic E-state index is 12.5. The van der Waals surface area contributed by atoms with Gasteiger partial charge in [0.05, 0.1) is 0 Å². The second-order valence-electron chi connectivity index (χ2n) is 6.54. The van der Waals surface area contributed by atoms with Crippen molar-refractivity contribution in [3.8, 4) is 0 Å². The maximum Gasteiger partial charge on any atom is 0.222 e. The van der Waals surface area contributed by atoms with Crippen LogP contribution in [-0.4, -0.2) is 37.0 Å². The summed E-state index contributed by atoms with van der Waals surface area (Å²) in [6.07, 6.45) is 3.46. The smallest absolute Gasteiger partial charge is 0.222 e. The van der Waals surface area contributed by atoms with Crippen LogP contribution < -0.4 is 4.90 Å². The summed E-state index contributed by atoms with van der Waals surface area (Å²) in [6, 6.07) is 18.4. The molecular formula is C21H25ClN2O. The van der Waals surface area contributed by atoms with Gasteiger partial charge >= 0.3 is 0 Å². The number of carbonyl (C=O) groups is 1. The molecule has 0 saturated carbocycles. The first-order chi connectivity index (χ1) is 12.2. The lowest BCUT2D eigenvalue weighted by molar-refractivity contribution is -0.131. The summed E-state index contributed by atoms with van der Waals surface area (Å²) in [4.78, 5) is 16.9. The van der Waals surface area contributed by atoms with Crippen LogP contribution in [-0.2, 0) is 11.2 Å². The Bertz CT molecular complexity index is 672. The number of hydrogen-bond donors (Lipinski definition) is 0. The van der Waals surface area contributed by atoms with E-state index in [1.165, 1.54) is 11.3 Å². The lowest BCUT2D eigenvalue weighted by Gasteiger charge is -2.23. The number of amides is 1. The van der Waals surface area contributed by atoms with Crippen LogP contribution in [0.15, 0.2) is 54.6 Å². The van der Waals surface area contributed by atoms with E-state index in [0.29, 0.717) is 6.42 Å². The zero-order chi connectivity index (χ0) is 17.5. The average molecular weight is 357 g/mol. The number of hydrogen-bond acceptors (Lipinski definition) is 2. The molecule has 3 rings (SSSR count). The minimum atomic E-state index is 0.281. The monoisotopic (exact) mass is 356 g/mol. The van der Waals surface area contributed by atoms with Crippen molar-refractivity contribution in [3.63, 3.8) is 0 Å². The SMILES string of the molecule is O=C(CCCc1ccc(Cl)cc1)N1CCCN(c2ccccc2)CC1. The summed E-state index contributed by atoms with van der Waals surface area (Å²) in [7, 11) is 0. The van der Waals surface area contributed by atoms with Crippen molar-refractivity contribution in [3.05, 3.63) is 65.2 Å². The van der Waals surface area contributed by atoms with Crippen LogP contribution >= 0.6 is 11.6 Å². The zero-order valence-electron chi connectivity index (χ0n) is 14.5. The standard InChI is InChI=1S/C21H25ClN2O/c22-19-12-10-18(11-13-19)6-4-9-21(25)24-15-5-14-23(16-17-24)20-7-2-1-3-8-20/h1-3,7-8,10-13H,4-6,9,14-17H2. The molecule has 4 heteroatoms. The van der Waals surface area contributed by atoms with Crippen molar-refractivity contribution in [2.24, 2.45) is 0 Å². The van der Waals surface area contributed by atoms with Gasteiger partial charge in [-0.3, -0.25) is 4.79 Å². The Morgan fingerprint density at radius 1 is 0.920 bits per heavy atom. The molecule has 0 radical (unpaired) electrons. The van der Waals surface area contributed by atoms with Gasteiger partial charge in [0.25, 0.3) is 0 Å². The molecule has 1 aliphatic heterocycles. The molecule has 0 bridgehead atoms. The van der Waals surface area contributed by atoms with Gasteiger partial charge < -0.3 is 9.80 Å². The van der Waals surface area contributed by atoms with Gasteiger partial charge in [-0.1, -0.05) is 41.9 Å². The molecule has 25 heavy (non-hydrogen) atoms. The lowest BCUT2D eigenvalue weighted by Crippen LogP contribution is -2.35. The molecule has 0 spiro atoms. The van der Waals surface area contributed by atoms with Crippen LogP contribution in [0, 0.1) is 0 Å². The quantitative estimate of drug-likeness (QED) is 0.792. The number of rotatable bonds is 5. The summed E-state index contributed by atoms with van der Waals surface area (Å²) in [6.45, 7) is 3.60. The molecule has 1 saturated heterocycles. The second kappa shape index (κ2) is 8.91. The van der Waals surface area contributed by atoms with Crippen molar-refractivity contribution >= 4 is 23.2 Å². The predicted molar refractivity (Wildman–Crippen MR) is 104 cm³/mol. The Hall–Kier alpha value is -2.00. The van der Waals surface area contributed by atoms with Gasteiger partial charge in [0.1, 0.15) is 0 Å². The predicted octanol–water partition coefficient (Wildman–Crippen LogP) is 4.40. The van der Waals surface area contributed by atoms with E-state index in [1.807, 2.05) is 35.2 Å². The fourth-order valence-corrected chi connectivity index (χ4v) is 3.44. The Labute approximate surface area is 155 Å². The molecule has 132 valence electrons. The Morgan fingerprint density at radius 2 is 1.68 bits per heavy atom. The highest BCUT2D eigenvalue weighted by atomic mass is 35.5. The number of nitrogens with zero attached hydrogens (tertiary/aromatic N) is 2. The molecule has 0 N–H and O–H groups in total. The van der Waals surface area contributed by atoms with Gasteiger partial charge in [0.2, 0.25) is 5.91 Å². The van der Waals surface area contributed by atoms with E-state index in [1.54, 1.807) is 0 Å². The lowest BCUT2D eigenvalue weighted by atomic mass is 10.1. The van der Waals surface area contributed by atoms with Crippen LogP contribution in [0.2, 0.25) is 5.02 Å². The van der Waals surface area contributed by atoms with E-state index in [2.05, 4.69) is 29.2 Å². The summed E-state index contributed by atoms with van der Waals surface area (Å²) < 4.78 is 0. The normalized spacial score (nSPS) is 15.1. The van der Waals surface area contributed by atoms with E-state index in [0.717, 1.165) is 50.5 Å². The fourth-order valence-electron chi connectivity index (χ4n) is 3.32. The van der Waals surface area contributed by atoms with Crippen molar-refractivity contribution in [2.75, 3.05) is 31.1 Å². The molecule has 2 aromatic carbocycles. The molecule has 3 nitrogen and oxygen atoms in total. The number of para-hydroxylation sites is 1. The third kappa shape index (κ3) is 5.23. The van der Waals surface area contributed by atoms with E-state index < -0.39 is 0 Å². The molecule has 2 aromatic rings. The Morgan fingerprint density at radius 3 is 2.44 bits per heavy atom. The summed E-state index contributed by atoms with van der Waals surface area (Å²) in [5.74, 6) is 0.281. The van der Waals surface area contributed by atoms with Crippen LogP contribution in [0.4, 0.5) is 5.69 Å². The molecule has 0 aromatic heterocycles. The van der Waals surface area contributed by atoms with Gasteiger partial charge in [-0.15, -0.1) is 0 Å². The highest BCUT2D eigenvalue weighted by Crippen LogP contribution is 2.17. The van der Waals surface area contributed by atoms with E-state index in [4.69, 9.17) is 11.6 Å². The molecule has 1 amide bonds.